The van der Waals surface area contributed by atoms with Crippen LogP contribution in [-0.4, -0.2) is 17.5 Å². The summed E-state index contributed by atoms with van der Waals surface area (Å²) < 4.78 is 5.43. The van der Waals surface area contributed by atoms with Gasteiger partial charge < -0.3 is 10.1 Å². The molecule has 1 atom stereocenters. The van der Waals surface area contributed by atoms with Crippen LogP contribution in [0.1, 0.15) is 22.7 Å². The van der Waals surface area contributed by atoms with Crippen LogP contribution in [0.5, 0.6) is 5.88 Å². The molecule has 0 radical (unpaired) electrons. The van der Waals surface area contributed by atoms with Gasteiger partial charge in [0, 0.05) is 11.8 Å². The van der Waals surface area contributed by atoms with Crippen molar-refractivity contribution in [3.05, 3.63) is 58.2 Å². The minimum atomic E-state index is -0.214. The van der Waals surface area contributed by atoms with Gasteiger partial charge in [-0.3, -0.25) is 4.79 Å². The lowest BCUT2D eigenvalue weighted by atomic mass is 10.1. The Morgan fingerprint density at radius 1 is 1.45 bits per heavy atom. The lowest BCUT2D eigenvalue weighted by molar-refractivity contribution is -0.121. The number of nitrogens with one attached hydrogen (secondary N) is 1. The minimum absolute atomic E-state index is 0.112. The molecule has 0 saturated heterocycles. The van der Waals surface area contributed by atoms with Crippen LogP contribution in [0.25, 0.3) is 0 Å². The maximum Gasteiger partial charge on any atom is 0.225 e. The fraction of sp³-hybridized carbons (Fsp3) is 0.188. The van der Waals surface area contributed by atoms with Crippen molar-refractivity contribution >= 4 is 17.5 Å². The molecule has 1 amide bonds. The average molecular weight is 314 g/mol. The van der Waals surface area contributed by atoms with Gasteiger partial charge in [-0.2, -0.15) is 5.26 Å². The Labute approximate surface area is 132 Å². The molecule has 22 heavy (non-hydrogen) atoms. The van der Waals surface area contributed by atoms with Crippen LogP contribution in [-0.2, 0) is 11.2 Å². The fourth-order valence-electron chi connectivity index (χ4n) is 2.38. The number of halogens is 1. The molecule has 0 bridgehead atoms. The van der Waals surface area contributed by atoms with Crippen LogP contribution in [0.4, 0.5) is 0 Å². The summed E-state index contributed by atoms with van der Waals surface area (Å²) in [7, 11) is 0. The maximum atomic E-state index is 12.2. The lowest BCUT2D eigenvalue weighted by Crippen LogP contribution is -2.30. The van der Waals surface area contributed by atoms with Gasteiger partial charge in [-0.25, -0.2) is 4.98 Å². The predicted molar refractivity (Wildman–Crippen MR) is 80.5 cm³/mol. The Morgan fingerprint density at radius 2 is 2.32 bits per heavy atom. The highest BCUT2D eigenvalue weighted by Gasteiger charge is 2.26. The highest BCUT2D eigenvalue weighted by atomic mass is 35.5. The van der Waals surface area contributed by atoms with Crippen molar-refractivity contribution in [3.8, 4) is 11.9 Å². The van der Waals surface area contributed by atoms with Crippen LogP contribution < -0.4 is 10.1 Å². The van der Waals surface area contributed by atoms with E-state index in [1.54, 1.807) is 30.5 Å². The lowest BCUT2D eigenvalue weighted by Gasteiger charge is -2.12. The normalized spacial score (nSPS) is 15.5. The van der Waals surface area contributed by atoms with Gasteiger partial charge in [0.15, 0.2) is 0 Å². The number of hydrogen-bond donors (Lipinski definition) is 1. The Hall–Kier alpha value is -2.58. The van der Waals surface area contributed by atoms with Gasteiger partial charge in [-0.15, -0.1) is 0 Å². The summed E-state index contributed by atoms with van der Waals surface area (Å²) in [5.74, 6) is 0.375. The van der Waals surface area contributed by atoms with E-state index in [2.05, 4.69) is 10.3 Å². The van der Waals surface area contributed by atoms with Gasteiger partial charge >= 0.3 is 0 Å². The molecule has 6 heteroatoms. The summed E-state index contributed by atoms with van der Waals surface area (Å²) in [6.45, 7) is 0.365. The number of amides is 1. The van der Waals surface area contributed by atoms with E-state index in [1.165, 1.54) is 0 Å². The third kappa shape index (κ3) is 2.74. The first-order chi connectivity index (χ1) is 10.7. The van der Waals surface area contributed by atoms with E-state index in [1.807, 2.05) is 12.1 Å². The molecule has 0 aliphatic carbocycles. The van der Waals surface area contributed by atoms with Crippen molar-refractivity contribution < 1.29 is 9.53 Å². The molecule has 1 aliphatic rings. The molecule has 0 spiro atoms. The van der Waals surface area contributed by atoms with Gasteiger partial charge in [0.25, 0.3) is 0 Å². The molecule has 5 nitrogen and oxygen atoms in total. The summed E-state index contributed by atoms with van der Waals surface area (Å²) in [5, 5.41) is 12.2. The van der Waals surface area contributed by atoms with Crippen LogP contribution in [0.15, 0.2) is 36.5 Å². The number of pyridine rings is 1. The highest BCUT2D eigenvalue weighted by Crippen LogP contribution is 2.29. The summed E-state index contributed by atoms with van der Waals surface area (Å²) >= 11 is 6.11. The number of ether oxygens (including phenoxy) is 1. The highest BCUT2D eigenvalue weighted by molar-refractivity contribution is 6.32. The van der Waals surface area contributed by atoms with E-state index in [9.17, 15) is 4.79 Å². The first kappa shape index (κ1) is 14.4. The second kappa shape index (κ2) is 6.04. The second-order valence-electron chi connectivity index (χ2n) is 4.90. The van der Waals surface area contributed by atoms with E-state index in [4.69, 9.17) is 21.6 Å². The zero-order valence-electron chi connectivity index (χ0n) is 11.5. The first-order valence-electron chi connectivity index (χ1n) is 6.73. The van der Waals surface area contributed by atoms with Gasteiger partial charge in [-0.05, 0) is 23.8 Å². The van der Waals surface area contributed by atoms with Crippen LogP contribution in [0.3, 0.4) is 0 Å². The molecule has 1 aromatic heterocycles. The number of carbonyl (C=O) groups is 1. The van der Waals surface area contributed by atoms with Crippen LogP contribution in [0.2, 0.25) is 5.02 Å². The van der Waals surface area contributed by atoms with Gasteiger partial charge in [0.1, 0.15) is 12.7 Å². The molecule has 1 aliphatic heterocycles. The van der Waals surface area contributed by atoms with E-state index in [0.717, 1.165) is 5.56 Å². The van der Waals surface area contributed by atoms with Crippen molar-refractivity contribution in [1.82, 2.24) is 10.3 Å². The summed E-state index contributed by atoms with van der Waals surface area (Å²) in [4.78, 5) is 16.3. The SMILES string of the molecule is N#Cc1cccc(CC(=O)N[C@H]2COc3ncccc32)c1Cl. The Morgan fingerprint density at radius 3 is 3.14 bits per heavy atom. The Kier molecular flexibility index (Phi) is 3.94. The smallest absolute Gasteiger partial charge is 0.225 e. The van der Waals surface area contributed by atoms with Crippen molar-refractivity contribution in [2.75, 3.05) is 6.61 Å². The standard InChI is InChI=1S/C16H12ClN3O2/c17-15-10(3-1-4-11(15)8-18)7-14(21)20-13-9-22-16-12(13)5-2-6-19-16/h1-6,13H,7,9H2,(H,20,21)/t13-/m0/s1. The Balaban J connectivity index is 1.71. The fourth-order valence-corrected chi connectivity index (χ4v) is 2.62. The minimum Gasteiger partial charge on any atom is -0.475 e. The van der Waals surface area contributed by atoms with E-state index in [-0.39, 0.29) is 18.4 Å². The van der Waals surface area contributed by atoms with Crippen LogP contribution in [0, 0.1) is 11.3 Å². The molecule has 1 aromatic carbocycles. The molecule has 0 fully saturated rings. The summed E-state index contributed by atoms with van der Waals surface area (Å²) in [6.07, 6.45) is 1.76. The predicted octanol–water partition coefficient (Wildman–Crippen LogP) is 2.40. The summed E-state index contributed by atoms with van der Waals surface area (Å²) in [6, 6.07) is 10.5. The number of nitriles is 1. The quantitative estimate of drug-likeness (QED) is 0.944. The topological polar surface area (TPSA) is 75.0 Å². The van der Waals surface area contributed by atoms with E-state index in [0.29, 0.717) is 28.6 Å². The van der Waals surface area contributed by atoms with Gasteiger partial charge in [0.2, 0.25) is 11.8 Å². The van der Waals surface area contributed by atoms with E-state index < -0.39 is 0 Å². The maximum absolute atomic E-state index is 12.2. The molecule has 3 rings (SSSR count). The molecule has 1 N–H and O–H groups in total. The first-order valence-corrected chi connectivity index (χ1v) is 7.11. The summed E-state index contributed by atoms with van der Waals surface area (Å²) in [5.41, 5.74) is 1.86. The number of hydrogen-bond acceptors (Lipinski definition) is 4. The van der Waals surface area contributed by atoms with Crippen LogP contribution >= 0.6 is 11.6 Å². The molecule has 0 unspecified atom stereocenters. The monoisotopic (exact) mass is 313 g/mol. The third-order valence-corrected chi connectivity index (χ3v) is 3.89. The average Bonchev–Trinajstić information content (AvgIpc) is 2.93. The number of carbonyl (C=O) groups excluding carboxylic acids is 1. The number of nitrogens with zero attached hydrogens (tertiary/aromatic N) is 2. The molecule has 2 aromatic rings. The number of benzene rings is 1. The number of fused-ring (bicyclic) bond motifs is 1. The molecule has 0 saturated carbocycles. The zero-order valence-corrected chi connectivity index (χ0v) is 12.3. The Bertz CT molecular complexity index is 770. The molecule has 110 valence electrons. The van der Waals surface area contributed by atoms with E-state index >= 15 is 0 Å². The van der Waals surface area contributed by atoms with Crippen molar-refractivity contribution in [2.45, 2.75) is 12.5 Å². The molecular formula is C16H12ClN3O2. The molecular weight excluding hydrogens is 302 g/mol. The second-order valence-corrected chi connectivity index (χ2v) is 5.27. The number of rotatable bonds is 3. The van der Waals surface area contributed by atoms with Gasteiger partial charge in [-0.1, -0.05) is 23.7 Å². The van der Waals surface area contributed by atoms with Crippen molar-refractivity contribution in [1.29, 1.82) is 5.26 Å². The van der Waals surface area contributed by atoms with Crippen molar-refractivity contribution in [2.24, 2.45) is 0 Å². The number of aromatic nitrogens is 1. The van der Waals surface area contributed by atoms with Crippen molar-refractivity contribution in [3.63, 3.8) is 0 Å². The largest absolute Gasteiger partial charge is 0.475 e. The third-order valence-electron chi connectivity index (χ3n) is 3.45. The van der Waals surface area contributed by atoms with Gasteiger partial charge in [0.05, 0.1) is 23.0 Å². The zero-order chi connectivity index (χ0) is 15.5. The molecule has 2 heterocycles.